The van der Waals surface area contributed by atoms with Crippen molar-refractivity contribution in [3.8, 4) is 11.3 Å². The van der Waals surface area contributed by atoms with Gasteiger partial charge in [-0.1, -0.05) is 48.9 Å². The summed E-state index contributed by atoms with van der Waals surface area (Å²) in [5.41, 5.74) is 0.687. The highest BCUT2D eigenvalue weighted by Gasteiger charge is 2.37. The smallest absolute Gasteiger partial charge is 0.283 e. The Morgan fingerprint density at radius 2 is 1.97 bits per heavy atom. The van der Waals surface area contributed by atoms with Crippen molar-refractivity contribution in [1.29, 1.82) is 0 Å². The van der Waals surface area contributed by atoms with E-state index in [1.165, 1.54) is 6.07 Å². The minimum atomic E-state index is -3.71. The van der Waals surface area contributed by atoms with Gasteiger partial charge in [-0.2, -0.15) is 0 Å². The molecular formula is C18H21Cl2F2N3O3SSi. The Balaban J connectivity index is 1.95. The van der Waals surface area contributed by atoms with Crippen molar-refractivity contribution in [2.75, 3.05) is 17.6 Å². The van der Waals surface area contributed by atoms with Crippen LogP contribution >= 0.6 is 23.2 Å². The molecule has 1 aliphatic rings. The second-order valence-electron chi connectivity index (χ2n) is 8.11. The molecule has 0 spiro atoms. The fraction of sp³-hybridized carbons (Fsp3) is 0.444. The maximum Gasteiger partial charge on any atom is 0.283 e. The first kappa shape index (κ1) is 23.3. The van der Waals surface area contributed by atoms with Gasteiger partial charge in [-0.25, -0.2) is 31.5 Å². The van der Waals surface area contributed by atoms with Gasteiger partial charge in [0, 0.05) is 25.8 Å². The van der Waals surface area contributed by atoms with Gasteiger partial charge >= 0.3 is 0 Å². The maximum absolute atomic E-state index is 12.9. The first-order valence-corrected chi connectivity index (χ1v) is 15.2. The molecule has 0 saturated heterocycles. The van der Waals surface area contributed by atoms with Crippen molar-refractivity contribution in [3.63, 3.8) is 0 Å². The Morgan fingerprint density at radius 3 is 2.57 bits per heavy atom. The highest BCUT2D eigenvalue weighted by atomic mass is 35.5. The molecule has 30 heavy (non-hydrogen) atoms. The summed E-state index contributed by atoms with van der Waals surface area (Å²) in [7, 11) is -5.04. The summed E-state index contributed by atoms with van der Waals surface area (Å²) < 4.78 is 58.2. The van der Waals surface area contributed by atoms with E-state index in [0.717, 1.165) is 16.5 Å². The number of fused-ring (bicyclic) bond motifs is 1. The molecule has 1 aromatic carbocycles. The fourth-order valence-corrected chi connectivity index (χ4v) is 5.83. The third-order valence-corrected chi connectivity index (χ3v) is 8.49. The van der Waals surface area contributed by atoms with E-state index in [-0.39, 0.29) is 23.2 Å². The number of rotatable bonds is 7. The van der Waals surface area contributed by atoms with Crippen LogP contribution < -0.4 is 4.31 Å². The lowest BCUT2D eigenvalue weighted by Gasteiger charge is -2.21. The minimum Gasteiger partial charge on any atom is -0.360 e. The molecule has 1 aromatic heterocycles. The van der Waals surface area contributed by atoms with Gasteiger partial charge in [0.25, 0.3) is 6.43 Å². The molecule has 2 heterocycles. The molecule has 0 aliphatic carbocycles. The molecule has 2 aromatic rings. The van der Waals surface area contributed by atoms with Crippen LogP contribution in [0.5, 0.6) is 0 Å². The van der Waals surface area contributed by atoms with Crippen LogP contribution in [-0.2, 0) is 20.5 Å². The zero-order valence-electron chi connectivity index (χ0n) is 16.6. The van der Waals surface area contributed by atoms with Crippen LogP contribution in [0.3, 0.4) is 0 Å². The zero-order chi connectivity index (χ0) is 22.3. The SMILES string of the molecule is C[Si](C)(C)CCOCN1c2c(Cl)ccc(-c3cnc(C(F)F)c(Cl)n3)c2CS1(=O)=O. The largest absolute Gasteiger partial charge is 0.360 e. The molecule has 164 valence electrons. The molecule has 12 heteroatoms. The van der Waals surface area contributed by atoms with Crippen molar-refractivity contribution in [3.05, 3.63) is 39.8 Å². The number of halogens is 4. The second-order valence-corrected chi connectivity index (χ2v) is 16.4. The molecular weight excluding hydrogens is 475 g/mol. The summed E-state index contributed by atoms with van der Waals surface area (Å²) in [4.78, 5) is 7.67. The molecule has 0 fully saturated rings. The average Bonchev–Trinajstić information content (AvgIpc) is 2.89. The van der Waals surface area contributed by atoms with Gasteiger partial charge in [-0.3, -0.25) is 0 Å². The van der Waals surface area contributed by atoms with Crippen molar-refractivity contribution in [2.45, 2.75) is 37.9 Å². The van der Waals surface area contributed by atoms with Crippen LogP contribution in [0.4, 0.5) is 14.5 Å². The number of ether oxygens (including phenoxy) is 1. The standard InChI is InChI=1S/C18H21Cl2F2N3O3SSi/c1-30(2,3)7-6-28-10-25-16-12(9-29(25,26)27)11(4-5-13(16)19)14-8-23-15(18(21)22)17(20)24-14/h4-5,8,18H,6-7,9-10H2,1-3H3. The molecule has 0 amide bonds. The Kier molecular flexibility index (Phi) is 6.73. The van der Waals surface area contributed by atoms with E-state index in [1.807, 2.05) is 0 Å². The van der Waals surface area contributed by atoms with Crippen LogP contribution in [0.25, 0.3) is 11.3 Å². The number of hydrogen-bond donors (Lipinski definition) is 0. The van der Waals surface area contributed by atoms with Crippen molar-refractivity contribution in [2.24, 2.45) is 0 Å². The molecule has 0 saturated carbocycles. The summed E-state index contributed by atoms with van der Waals surface area (Å²) >= 11 is 12.2. The summed E-state index contributed by atoms with van der Waals surface area (Å²) in [6.07, 6.45) is -1.71. The van der Waals surface area contributed by atoms with Gasteiger partial charge in [-0.05, 0) is 12.1 Å². The minimum absolute atomic E-state index is 0.153. The van der Waals surface area contributed by atoms with Gasteiger partial charge in [0.2, 0.25) is 10.0 Å². The van der Waals surface area contributed by atoms with E-state index in [4.69, 9.17) is 27.9 Å². The van der Waals surface area contributed by atoms with Crippen LogP contribution in [-0.4, -0.2) is 39.8 Å². The number of alkyl halides is 2. The topological polar surface area (TPSA) is 72.4 Å². The Labute approximate surface area is 185 Å². The number of hydrogen-bond acceptors (Lipinski definition) is 5. The molecule has 0 radical (unpaired) electrons. The van der Waals surface area contributed by atoms with Crippen molar-refractivity contribution >= 4 is 47.0 Å². The van der Waals surface area contributed by atoms with E-state index in [2.05, 4.69) is 29.6 Å². The summed E-state index contributed by atoms with van der Waals surface area (Å²) in [6, 6.07) is 4.00. The Hall–Kier alpha value is -1.33. The molecule has 0 atom stereocenters. The maximum atomic E-state index is 12.9. The summed E-state index contributed by atoms with van der Waals surface area (Å²) in [5, 5.41) is -0.189. The summed E-state index contributed by atoms with van der Waals surface area (Å²) in [5.74, 6) is -0.314. The van der Waals surface area contributed by atoms with Gasteiger partial charge in [-0.15, -0.1) is 0 Å². The third kappa shape index (κ3) is 4.93. The van der Waals surface area contributed by atoms with Crippen LogP contribution in [0.2, 0.25) is 35.9 Å². The van der Waals surface area contributed by atoms with E-state index in [1.54, 1.807) is 6.07 Å². The molecule has 0 bridgehead atoms. The van der Waals surface area contributed by atoms with Gasteiger partial charge in [0.05, 0.1) is 28.4 Å². The Morgan fingerprint density at radius 1 is 1.27 bits per heavy atom. The van der Waals surface area contributed by atoms with Crippen LogP contribution in [0, 0.1) is 0 Å². The first-order valence-electron chi connectivity index (χ1n) is 9.11. The quantitative estimate of drug-likeness (QED) is 0.382. The van der Waals surface area contributed by atoms with E-state index in [0.29, 0.717) is 23.4 Å². The molecule has 1 aliphatic heterocycles. The molecule has 0 N–H and O–H groups in total. The predicted molar refractivity (Wildman–Crippen MR) is 117 cm³/mol. The first-order chi connectivity index (χ1) is 13.9. The summed E-state index contributed by atoms with van der Waals surface area (Å²) in [6.45, 7) is 6.90. The molecule has 0 unspecified atom stereocenters. The van der Waals surface area contributed by atoms with Crippen LogP contribution in [0.15, 0.2) is 18.3 Å². The van der Waals surface area contributed by atoms with E-state index < -0.39 is 35.4 Å². The predicted octanol–water partition coefficient (Wildman–Crippen LogP) is 5.35. The zero-order valence-corrected chi connectivity index (χ0v) is 20.0. The van der Waals surface area contributed by atoms with E-state index >= 15 is 0 Å². The fourth-order valence-electron chi connectivity index (χ4n) is 2.99. The lowest BCUT2D eigenvalue weighted by Crippen LogP contribution is -2.31. The third-order valence-electron chi connectivity index (χ3n) is 4.59. The normalized spacial score (nSPS) is 15.7. The number of benzene rings is 1. The lowest BCUT2D eigenvalue weighted by atomic mass is 10.0. The second kappa shape index (κ2) is 8.66. The monoisotopic (exact) mass is 495 g/mol. The lowest BCUT2D eigenvalue weighted by molar-refractivity contribution is 0.145. The van der Waals surface area contributed by atoms with Crippen molar-refractivity contribution in [1.82, 2.24) is 9.97 Å². The van der Waals surface area contributed by atoms with E-state index in [9.17, 15) is 17.2 Å². The highest BCUT2D eigenvalue weighted by Crippen LogP contribution is 2.44. The Bertz CT molecular complexity index is 1070. The highest BCUT2D eigenvalue weighted by molar-refractivity contribution is 7.92. The number of anilines is 1. The van der Waals surface area contributed by atoms with Gasteiger partial charge in [0.1, 0.15) is 12.4 Å². The number of sulfonamides is 1. The number of nitrogens with zero attached hydrogens (tertiary/aromatic N) is 3. The van der Waals surface area contributed by atoms with Crippen molar-refractivity contribution < 1.29 is 21.9 Å². The number of aromatic nitrogens is 2. The molecule has 6 nitrogen and oxygen atoms in total. The van der Waals surface area contributed by atoms with Gasteiger partial charge in [0.15, 0.2) is 5.15 Å². The molecule has 3 rings (SSSR count). The van der Waals surface area contributed by atoms with Gasteiger partial charge < -0.3 is 4.74 Å². The van der Waals surface area contributed by atoms with Crippen LogP contribution in [0.1, 0.15) is 17.7 Å². The average molecular weight is 496 g/mol.